The van der Waals surface area contributed by atoms with Gasteiger partial charge in [0.15, 0.2) is 0 Å². The van der Waals surface area contributed by atoms with Crippen LogP contribution in [-0.2, 0) is 16.1 Å². The number of ether oxygens (including phenoxy) is 2. The summed E-state index contributed by atoms with van der Waals surface area (Å²) in [5.74, 6) is -1.76. The molecular formula is C21H29F3O3. The number of benzene rings is 1. The molecule has 2 rings (SSSR count). The lowest BCUT2D eigenvalue weighted by Gasteiger charge is -2.31. The van der Waals surface area contributed by atoms with E-state index in [4.69, 9.17) is 9.47 Å². The molecule has 0 spiro atoms. The van der Waals surface area contributed by atoms with Gasteiger partial charge in [-0.2, -0.15) is 13.2 Å². The zero-order chi connectivity index (χ0) is 20.2. The summed E-state index contributed by atoms with van der Waals surface area (Å²) in [6, 6.07) is 5.50. The number of carbonyl (C=O) groups excluding carboxylic acids is 1. The molecule has 6 heteroatoms. The van der Waals surface area contributed by atoms with Crippen molar-refractivity contribution in [1.29, 1.82) is 0 Å². The van der Waals surface area contributed by atoms with Gasteiger partial charge >= 0.3 is 12.1 Å². The molecule has 1 aromatic rings. The van der Waals surface area contributed by atoms with Crippen molar-refractivity contribution in [3.05, 3.63) is 34.9 Å². The summed E-state index contributed by atoms with van der Waals surface area (Å²) < 4.78 is 50.0. The molecular weight excluding hydrogens is 357 g/mol. The van der Waals surface area contributed by atoms with E-state index in [0.29, 0.717) is 25.0 Å². The summed E-state index contributed by atoms with van der Waals surface area (Å²) in [5.41, 5.74) is 1.31. The number of halogens is 3. The lowest BCUT2D eigenvalue weighted by molar-refractivity contribution is -0.182. The smallest absolute Gasteiger partial charge is 0.391 e. The highest BCUT2D eigenvalue weighted by Crippen LogP contribution is 2.44. The van der Waals surface area contributed by atoms with E-state index < -0.39 is 23.7 Å². The highest BCUT2D eigenvalue weighted by Gasteiger charge is 2.42. The molecule has 27 heavy (non-hydrogen) atoms. The van der Waals surface area contributed by atoms with Gasteiger partial charge in [0.2, 0.25) is 0 Å². The molecule has 0 amide bonds. The van der Waals surface area contributed by atoms with E-state index in [2.05, 4.69) is 0 Å². The number of rotatable bonds is 5. The van der Waals surface area contributed by atoms with Crippen LogP contribution in [0.2, 0.25) is 0 Å². The Labute approximate surface area is 159 Å². The Morgan fingerprint density at radius 1 is 1.11 bits per heavy atom. The standard InChI is InChI=1S/C21H29F3O3/c1-5-26-13-15-7-6-8-17(18(15)19(25)27-20(2,3)4)14-9-11-16(12-10-14)21(22,23)24/h6-8,14,16H,5,9-13H2,1-4H3. The zero-order valence-electron chi connectivity index (χ0n) is 16.5. The molecule has 1 aliphatic carbocycles. The Bertz CT molecular complexity index is 639. The van der Waals surface area contributed by atoms with Crippen molar-refractivity contribution in [2.24, 2.45) is 5.92 Å². The van der Waals surface area contributed by atoms with Crippen LogP contribution < -0.4 is 0 Å². The average Bonchev–Trinajstić information content (AvgIpc) is 2.57. The van der Waals surface area contributed by atoms with Crippen molar-refractivity contribution < 1.29 is 27.4 Å². The van der Waals surface area contributed by atoms with Gasteiger partial charge in [-0.3, -0.25) is 0 Å². The van der Waals surface area contributed by atoms with E-state index in [1.165, 1.54) is 0 Å². The SMILES string of the molecule is CCOCc1cccc(C2CCC(C(F)(F)F)CC2)c1C(=O)OC(C)(C)C. The van der Waals surface area contributed by atoms with Crippen LogP contribution in [0.15, 0.2) is 18.2 Å². The van der Waals surface area contributed by atoms with Crippen molar-refractivity contribution in [3.8, 4) is 0 Å². The topological polar surface area (TPSA) is 35.5 Å². The molecule has 0 unspecified atom stereocenters. The van der Waals surface area contributed by atoms with Gasteiger partial charge in [0.05, 0.1) is 18.1 Å². The van der Waals surface area contributed by atoms with E-state index in [1.807, 2.05) is 25.1 Å². The molecule has 0 heterocycles. The molecule has 0 aliphatic heterocycles. The first-order valence-corrected chi connectivity index (χ1v) is 9.52. The van der Waals surface area contributed by atoms with Crippen LogP contribution in [0.1, 0.15) is 80.8 Å². The fourth-order valence-corrected chi connectivity index (χ4v) is 3.60. The number of hydrogen-bond acceptors (Lipinski definition) is 3. The van der Waals surface area contributed by atoms with Crippen LogP contribution >= 0.6 is 0 Å². The molecule has 0 bridgehead atoms. The molecule has 0 atom stereocenters. The molecule has 1 aliphatic rings. The van der Waals surface area contributed by atoms with Crippen LogP contribution in [0, 0.1) is 5.92 Å². The Morgan fingerprint density at radius 3 is 2.26 bits per heavy atom. The second-order valence-corrected chi connectivity index (χ2v) is 8.11. The molecule has 1 aromatic carbocycles. The maximum atomic E-state index is 13.0. The molecule has 1 saturated carbocycles. The van der Waals surface area contributed by atoms with Crippen molar-refractivity contribution in [2.45, 2.75) is 77.7 Å². The lowest BCUT2D eigenvalue weighted by Crippen LogP contribution is -2.29. The minimum Gasteiger partial charge on any atom is -0.456 e. The van der Waals surface area contributed by atoms with Gasteiger partial charge in [-0.25, -0.2) is 4.79 Å². The maximum Gasteiger partial charge on any atom is 0.391 e. The summed E-state index contributed by atoms with van der Waals surface area (Å²) >= 11 is 0. The fraction of sp³-hybridized carbons (Fsp3) is 0.667. The van der Waals surface area contributed by atoms with E-state index >= 15 is 0 Å². The summed E-state index contributed by atoms with van der Waals surface area (Å²) in [6.07, 6.45) is -3.12. The monoisotopic (exact) mass is 386 g/mol. The van der Waals surface area contributed by atoms with E-state index in [9.17, 15) is 18.0 Å². The number of esters is 1. The van der Waals surface area contributed by atoms with Crippen LogP contribution in [0.5, 0.6) is 0 Å². The largest absolute Gasteiger partial charge is 0.456 e. The summed E-state index contributed by atoms with van der Waals surface area (Å²) in [6.45, 7) is 8.04. The predicted molar refractivity (Wildman–Crippen MR) is 97.7 cm³/mol. The minimum atomic E-state index is -4.14. The van der Waals surface area contributed by atoms with Gasteiger partial charge in [-0.1, -0.05) is 18.2 Å². The predicted octanol–water partition coefficient (Wildman–Crippen LogP) is 6.01. The molecule has 3 nitrogen and oxygen atoms in total. The lowest BCUT2D eigenvalue weighted by atomic mass is 9.76. The summed E-state index contributed by atoms with van der Waals surface area (Å²) in [7, 11) is 0. The third-order valence-corrected chi connectivity index (χ3v) is 4.88. The van der Waals surface area contributed by atoms with Crippen molar-refractivity contribution in [2.75, 3.05) is 6.61 Å². The van der Waals surface area contributed by atoms with Gasteiger partial charge in [-0.05, 0) is 70.4 Å². The first-order valence-electron chi connectivity index (χ1n) is 9.52. The third kappa shape index (κ3) is 5.96. The molecule has 0 aromatic heterocycles. The molecule has 152 valence electrons. The van der Waals surface area contributed by atoms with Crippen LogP contribution in [0.25, 0.3) is 0 Å². The van der Waals surface area contributed by atoms with Gasteiger partial charge in [0.1, 0.15) is 5.60 Å². The fourth-order valence-electron chi connectivity index (χ4n) is 3.60. The van der Waals surface area contributed by atoms with E-state index in [1.54, 1.807) is 20.8 Å². The van der Waals surface area contributed by atoms with Crippen molar-refractivity contribution in [3.63, 3.8) is 0 Å². The number of hydrogen-bond donors (Lipinski definition) is 0. The maximum absolute atomic E-state index is 13.0. The third-order valence-electron chi connectivity index (χ3n) is 4.88. The second-order valence-electron chi connectivity index (χ2n) is 8.11. The number of alkyl halides is 3. The first-order chi connectivity index (χ1) is 12.5. The Morgan fingerprint density at radius 2 is 1.74 bits per heavy atom. The van der Waals surface area contributed by atoms with E-state index in [-0.39, 0.29) is 25.4 Å². The Balaban J connectivity index is 2.31. The quantitative estimate of drug-likeness (QED) is 0.581. The highest BCUT2D eigenvalue weighted by molar-refractivity contribution is 5.93. The Hall–Kier alpha value is -1.56. The van der Waals surface area contributed by atoms with Crippen molar-refractivity contribution in [1.82, 2.24) is 0 Å². The molecule has 0 saturated heterocycles. The molecule has 0 N–H and O–H groups in total. The van der Waals surface area contributed by atoms with Crippen LogP contribution in [0.4, 0.5) is 13.2 Å². The zero-order valence-corrected chi connectivity index (χ0v) is 16.5. The molecule has 1 fully saturated rings. The highest BCUT2D eigenvalue weighted by atomic mass is 19.4. The van der Waals surface area contributed by atoms with Gasteiger partial charge in [0.25, 0.3) is 0 Å². The Kier molecular flexibility index (Phi) is 6.95. The van der Waals surface area contributed by atoms with Gasteiger partial charge in [-0.15, -0.1) is 0 Å². The van der Waals surface area contributed by atoms with Gasteiger partial charge < -0.3 is 9.47 Å². The summed E-state index contributed by atoms with van der Waals surface area (Å²) in [5, 5.41) is 0. The van der Waals surface area contributed by atoms with Crippen LogP contribution in [0.3, 0.4) is 0 Å². The van der Waals surface area contributed by atoms with Crippen LogP contribution in [-0.4, -0.2) is 24.4 Å². The number of carbonyl (C=O) groups is 1. The normalized spacial score (nSPS) is 21.1. The minimum absolute atomic E-state index is 0.0762. The van der Waals surface area contributed by atoms with E-state index in [0.717, 1.165) is 11.1 Å². The second kappa shape index (κ2) is 8.63. The summed E-state index contributed by atoms with van der Waals surface area (Å²) in [4.78, 5) is 12.9. The first kappa shape index (κ1) is 21.7. The average molecular weight is 386 g/mol. The van der Waals surface area contributed by atoms with Gasteiger partial charge in [0, 0.05) is 6.61 Å². The molecule has 0 radical (unpaired) electrons. The van der Waals surface area contributed by atoms with Crippen molar-refractivity contribution >= 4 is 5.97 Å².